The predicted molar refractivity (Wildman–Crippen MR) is 104 cm³/mol. The molecule has 1 aliphatic rings. The number of hydrogen-bond donors (Lipinski definition) is 1. The van der Waals surface area contributed by atoms with Crippen LogP contribution >= 0.6 is 15.9 Å². The van der Waals surface area contributed by atoms with Gasteiger partial charge in [-0.05, 0) is 51.7 Å². The molecular formula is C20H21BrN2O2. The van der Waals surface area contributed by atoms with Crippen LogP contribution in [0.1, 0.15) is 31.7 Å². The van der Waals surface area contributed by atoms with E-state index in [1.807, 2.05) is 48.5 Å². The minimum absolute atomic E-state index is 0.00965. The van der Waals surface area contributed by atoms with Crippen molar-refractivity contribution in [1.82, 2.24) is 0 Å². The van der Waals surface area contributed by atoms with E-state index in [1.54, 1.807) is 4.90 Å². The molecule has 1 heterocycles. The van der Waals surface area contributed by atoms with Crippen LogP contribution in [0.15, 0.2) is 53.0 Å². The van der Waals surface area contributed by atoms with Gasteiger partial charge in [0.25, 0.3) is 0 Å². The molecule has 0 aromatic heterocycles. The Balaban J connectivity index is 1.69. The van der Waals surface area contributed by atoms with Crippen LogP contribution < -0.4 is 10.2 Å². The van der Waals surface area contributed by atoms with E-state index in [4.69, 9.17) is 0 Å². The van der Waals surface area contributed by atoms with Crippen LogP contribution in [0.3, 0.4) is 0 Å². The van der Waals surface area contributed by atoms with E-state index in [9.17, 15) is 9.59 Å². The third kappa shape index (κ3) is 3.93. The summed E-state index contributed by atoms with van der Waals surface area (Å²) < 4.78 is 0.828. The minimum Gasteiger partial charge on any atom is -0.325 e. The molecule has 1 saturated heterocycles. The predicted octanol–water partition coefficient (Wildman–Crippen LogP) is 4.56. The molecule has 25 heavy (non-hydrogen) atoms. The summed E-state index contributed by atoms with van der Waals surface area (Å²) >= 11 is 3.42. The average molecular weight is 401 g/mol. The fourth-order valence-electron chi connectivity index (χ4n) is 2.97. The molecule has 3 rings (SSSR count). The Morgan fingerprint density at radius 3 is 2.48 bits per heavy atom. The van der Waals surface area contributed by atoms with Crippen molar-refractivity contribution >= 4 is 39.1 Å². The van der Waals surface area contributed by atoms with Gasteiger partial charge in [-0.3, -0.25) is 9.59 Å². The summed E-state index contributed by atoms with van der Waals surface area (Å²) in [6, 6.07) is 15.5. The van der Waals surface area contributed by atoms with Crippen molar-refractivity contribution in [1.29, 1.82) is 0 Å². The number of benzene rings is 2. The molecule has 5 heteroatoms. The SMILES string of the molecule is CC(C)c1ccc(N2C[C@@H](C(=O)Nc3ccccc3Br)CC2=O)cc1. The molecule has 2 amide bonds. The summed E-state index contributed by atoms with van der Waals surface area (Å²) in [5, 5.41) is 2.90. The summed E-state index contributed by atoms with van der Waals surface area (Å²) in [5.74, 6) is -0.0262. The quantitative estimate of drug-likeness (QED) is 0.817. The van der Waals surface area contributed by atoms with E-state index >= 15 is 0 Å². The highest BCUT2D eigenvalue weighted by Gasteiger charge is 2.35. The van der Waals surface area contributed by atoms with Gasteiger partial charge in [0.05, 0.1) is 11.6 Å². The van der Waals surface area contributed by atoms with Gasteiger partial charge in [-0.2, -0.15) is 0 Å². The first kappa shape index (κ1) is 17.7. The number of anilines is 2. The van der Waals surface area contributed by atoms with Gasteiger partial charge in [0.15, 0.2) is 0 Å². The number of amides is 2. The van der Waals surface area contributed by atoms with Gasteiger partial charge in [-0.1, -0.05) is 38.1 Å². The maximum absolute atomic E-state index is 12.5. The molecule has 0 saturated carbocycles. The van der Waals surface area contributed by atoms with Gasteiger partial charge in [0.1, 0.15) is 0 Å². The highest BCUT2D eigenvalue weighted by Crippen LogP contribution is 2.28. The van der Waals surface area contributed by atoms with Crippen LogP contribution in [0.25, 0.3) is 0 Å². The molecule has 0 radical (unpaired) electrons. The Morgan fingerprint density at radius 2 is 1.84 bits per heavy atom. The standard InChI is InChI=1S/C20H21BrN2O2/c1-13(2)14-7-9-16(10-8-14)23-12-15(11-19(23)24)20(25)22-18-6-4-3-5-17(18)21/h3-10,13,15H,11-12H2,1-2H3,(H,22,25)/t15-/m0/s1. The third-order valence-electron chi connectivity index (χ3n) is 4.50. The average Bonchev–Trinajstić information content (AvgIpc) is 2.99. The maximum Gasteiger partial charge on any atom is 0.229 e. The second-order valence-corrected chi connectivity index (χ2v) is 7.48. The zero-order chi connectivity index (χ0) is 18.0. The van der Waals surface area contributed by atoms with Crippen molar-refractivity contribution in [3.63, 3.8) is 0 Å². The first-order valence-electron chi connectivity index (χ1n) is 8.41. The summed E-state index contributed by atoms with van der Waals surface area (Å²) in [6.45, 7) is 4.69. The first-order valence-corrected chi connectivity index (χ1v) is 9.20. The normalized spacial score (nSPS) is 17.2. The van der Waals surface area contributed by atoms with E-state index < -0.39 is 0 Å². The molecule has 4 nitrogen and oxygen atoms in total. The van der Waals surface area contributed by atoms with Crippen LogP contribution in [-0.4, -0.2) is 18.4 Å². The smallest absolute Gasteiger partial charge is 0.229 e. The Labute approximate surface area is 156 Å². The topological polar surface area (TPSA) is 49.4 Å². The lowest BCUT2D eigenvalue weighted by atomic mass is 10.0. The van der Waals surface area contributed by atoms with E-state index in [0.717, 1.165) is 15.8 Å². The van der Waals surface area contributed by atoms with Crippen molar-refractivity contribution in [2.24, 2.45) is 5.92 Å². The maximum atomic E-state index is 12.5. The molecule has 2 aromatic carbocycles. The Kier molecular flexibility index (Phi) is 5.23. The molecule has 0 aliphatic carbocycles. The number of nitrogens with zero attached hydrogens (tertiary/aromatic N) is 1. The Morgan fingerprint density at radius 1 is 1.16 bits per heavy atom. The van der Waals surface area contributed by atoms with E-state index in [0.29, 0.717) is 12.5 Å². The molecule has 0 spiro atoms. The van der Waals surface area contributed by atoms with Crippen molar-refractivity contribution in [3.8, 4) is 0 Å². The molecule has 1 N–H and O–H groups in total. The first-order chi connectivity index (χ1) is 12.0. The van der Waals surface area contributed by atoms with E-state index in [1.165, 1.54) is 5.56 Å². The monoisotopic (exact) mass is 400 g/mol. The van der Waals surface area contributed by atoms with Gasteiger partial charge in [0, 0.05) is 23.1 Å². The number of nitrogens with one attached hydrogen (secondary N) is 1. The van der Waals surface area contributed by atoms with Gasteiger partial charge in [0.2, 0.25) is 11.8 Å². The van der Waals surface area contributed by atoms with Crippen molar-refractivity contribution < 1.29 is 9.59 Å². The highest BCUT2D eigenvalue weighted by atomic mass is 79.9. The van der Waals surface area contributed by atoms with Crippen LogP contribution in [0.4, 0.5) is 11.4 Å². The van der Waals surface area contributed by atoms with Crippen molar-refractivity contribution in [2.75, 3.05) is 16.8 Å². The summed E-state index contributed by atoms with van der Waals surface area (Å²) in [5.41, 5.74) is 2.81. The van der Waals surface area contributed by atoms with Gasteiger partial charge < -0.3 is 10.2 Å². The second-order valence-electron chi connectivity index (χ2n) is 6.62. The number of para-hydroxylation sites is 1. The molecule has 130 valence electrons. The summed E-state index contributed by atoms with van der Waals surface area (Å²) in [4.78, 5) is 26.6. The number of carbonyl (C=O) groups excluding carboxylic acids is 2. The third-order valence-corrected chi connectivity index (χ3v) is 5.19. The zero-order valence-electron chi connectivity index (χ0n) is 14.3. The number of rotatable bonds is 4. The minimum atomic E-state index is -0.343. The van der Waals surface area contributed by atoms with E-state index in [2.05, 4.69) is 35.1 Å². The second kappa shape index (κ2) is 7.40. The lowest BCUT2D eigenvalue weighted by Gasteiger charge is -2.18. The van der Waals surface area contributed by atoms with Crippen LogP contribution in [0, 0.1) is 5.92 Å². The largest absolute Gasteiger partial charge is 0.325 e. The van der Waals surface area contributed by atoms with Crippen molar-refractivity contribution in [2.45, 2.75) is 26.2 Å². The zero-order valence-corrected chi connectivity index (χ0v) is 15.9. The summed E-state index contributed by atoms with van der Waals surface area (Å²) in [7, 11) is 0. The number of carbonyl (C=O) groups is 2. The van der Waals surface area contributed by atoms with Crippen LogP contribution in [0.5, 0.6) is 0 Å². The molecule has 0 bridgehead atoms. The Hall–Kier alpha value is -2.14. The number of hydrogen-bond acceptors (Lipinski definition) is 2. The van der Waals surface area contributed by atoms with E-state index in [-0.39, 0.29) is 24.2 Å². The molecule has 2 aromatic rings. The van der Waals surface area contributed by atoms with Crippen LogP contribution in [-0.2, 0) is 9.59 Å². The molecule has 1 aliphatic heterocycles. The summed E-state index contributed by atoms with van der Waals surface area (Å²) in [6.07, 6.45) is 0.238. The fourth-order valence-corrected chi connectivity index (χ4v) is 3.35. The van der Waals surface area contributed by atoms with Gasteiger partial charge >= 0.3 is 0 Å². The lowest BCUT2D eigenvalue weighted by Crippen LogP contribution is -2.28. The van der Waals surface area contributed by atoms with Crippen LogP contribution in [0.2, 0.25) is 0 Å². The molecule has 1 fully saturated rings. The van der Waals surface area contributed by atoms with Crippen molar-refractivity contribution in [3.05, 3.63) is 58.6 Å². The molecule has 1 atom stereocenters. The highest BCUT2D eigenvalue weighted by molar-refractivity contribution is 9.10. The fraction of sp³-hybridized carbons (Fsp3) is 0.300. The van der Waals surface area contributed by atoms with Gasteiger partial charge in [-0.15, -0.1) is 0 Å². The molecular weight excluding hydrogens is 380 g/mol. The number of halogens is 1. The molecule has 0 unspecified atom stereocenters. The Bertz CT molecular complexity index is 787. The lowest BCUT2D eigenvalue weighted by molar-refractivity contribution is -0.122. The van der Waals surface area contributed by atoms with Gasteiger partial charge in [-0.25, -0.2) is 0 Å².